The number of nitrogens with one attached hydrogen (secondary N) is 1. The maximum absolute atomic E-state index is 13.6. The predicted octanol–water partition coefficient (Wildman–Crippen LogP) is 4.98. The first kappa shape index (κ1) is 22.1. The molecule has 1 N–H and O–H groups in total. The van der Waals surface area contributed by atoms with Gasteiger partial charge >= 0.3 is 12.2 Å². The molecule has 0 radical (unpaired) electrons. The molecular formula is C18H15ClF5N7O. The molecule has 1 fully saturated rings. The number of amides is 2. The van der Waals surface area contributed by atoms with Gasteiger partial charge in [-0.1, -0.05) is 30.9 Å². The Morgan fingerprint density at radius 1 is 1.19 bits per heavy atom. The van der Waals surface area contributed by atoms with E-state index in [1.54, 1.807) is 0 Å². The molecule has 0 bridgehead atoms. The number of alkyl halides is 5. The summed E-state index contributed by atoms with van der Waals surface area (Å²) in [7, 11) is 0. The lowest BCUT2D eigenvalue weighted by molar-refractivity contribution is -0.147. The highest BCUT2D eigenvalue weighted by Gasteiger charge is 2.50. The molecule has 0 spiro atoms. The topological polar surface area (TPSA) is 88.3 Å². The van der Waals surface area contributed by atoms with Gasteiger partial charge in [0.25, 0.3) is 6.43 Å². The van der Waals surface area contributed by atoms with Gasteiger partial charge < -0.3 is 5.32 Å². The first-order valence-electron chi connectivity index (χ1n) is 9.45. The molecule has 3 aromatic heterocycles. The highest BCUT2D eigenvalue weighted by molar-refractivity contribution is 6.29. The number of halogens is 6. The number of urea groups is 1. The lowest BCUT2D eigenvalue weighted by atomic mass is 10.1. The van der Waals surface area contributed by atoms with Gasteiger partial charge in [0.2, 0.25) is 0 Å². The number of carbonyl (C=O) groups excluding carboxylic acids is 1. The second-order valence-corrected chi connectivity index (χ2v) is 7.52. The highest BCUT2D eigenvalue weighted by Crippen LogP contribution is 2.45. The van der Waals surface area contributed by atoms with E-state index in [0.717, 1.165) is 27.9 Å². The van der Waals surface area contributed by atoms with Crippen LogP contribution in [0.15, 0.2) is 24.5 Å². The normalized spacial score (nSPS) is 17.2. The summed E-state index contributed by atoms with van der Waals surface area (Å²) in [5.41, 5.74) is -1.18. The SMILES string of the molecule is C1CC1.O=C(Nc1cnnc(C(F)F)c1)N1CC(C(F)(F)F)c2c1cnc1cc(Cl)nn21. The van der Waals surface area contributed by atoms with Crippen LogP contribution in [-0.2, 0) is 0 Å². The van der Waals surface area contributed by atoms with E-state index < -0.39 is 36.8 Å². The maximum atomic E-state index is 13.6. The van der Waals surface area contributed by atoms with Crippen molar-refractivity contribution in [2.45, 2.75) is 37.8 Å². The van der Waals surface area contributed by atoms with Crippen LogP contribution in [0.2, 0.25) is 5.15 Å². The Balaban J connectivity index is 0.000000754. The first-order chi connectivity index (χ1) is 15.1. The van der Waals surface area contributed by atoms with Gasteiger partial charge in [0.15, 0.2) is 10.8 Å². The van der Waals surface area contributed by atoms with Crippen LogP contribution in [-0.4, -0.2) is 43.5 Å². The Morgan fingerprint density at radius 3 is 2.53 bits per heavy atom. The third kappa shape index (κ3) is 4.56. The van der Waals surface area contributed by atoms with Crippen molar-refractivity contribution >= 4 is 34.7 Å². The third-order valence-electron chi connectivity index (χ3n) is 4.60. The molecule has 32 heavy (non-hydrogen) atoms. The summed E-state index contributed by atoms with van der Waals surface area (Å²) in [4.78, 5) is 17.4. The number of anilines is 2. The number of carbonyl (C=O) groups is 1. The molecule has 1 unspecified atom stereocenters. The molecule has 1 aliphatic heterocycles. The van der Waals surface area contributed by atoms with Crippen molar-refractivity contribution in [3.63, 3.8) is 0 Å². The smallest absolute Gasteiger partial charge is 0.306 e. The molecule has 2 aliphatic rings. The van der Waals surface area contributed by atoms with E-state index in [1.165, 1.54) is 25.3 Å². The second kappa shape index (κ2) is 8.45. The van der Waals surface area contributed by atoms with E-state index in [1.807, 2.05) is 0 Å². The minimum atomic E-state index is -4.68. The van der Waals surface area contributed by atoms with E-state index in [4.69, 9.17) is 11.6 Å². The molecule has 170 valence electrons. The third-order valence-corrected chi connectivity index (χ3v) is 4.78. The van der Waals surface area contributed by atoms with Crippen LogP contribution in [0.5, 0.6) is 0 Å². The van der Waals surface area contributed by atoms with Crippen LogP contribution in [0.1, 0.15) is 43.0 Å². The Labute approximate surface area is 182 Å². The van der Waals surface area contributed by atoms with Crippen LogP contribution in [0, 0.1) is 0 Å². The van der Waals surface area contributed by atoms with E-state index in [2.05, 4.69) is 25.6 Å². The number of fused-ring (bicyclic) bond motifs is 3. The molecule has 1 atom stereocenters. The zero-order valence-corrected chi connectivity index (χ0v) is 16.9. The molecule has 5 rings (SSSR count). The summed E-state index contributed by atoms with van der Waals surface area (Å²) >= 11 is 5.77. The Morgan fingerprint density at radius 2 is 1.91 bits per heavy atom. The summed E-state index contributed by atoms with van der Waals surface area (Å²) in [6, 6.07) is 1.18. The number of hydrogen-bond acceptors (Lipinski definition) is 5. The fraction of sp³-hybridized carbons (Fsp3) is 0.389. The molecule has 2 amide bonds. The number of rotatable bonds is 2. The second-order valence-electron chi connectivity index (χ2n) is 7.13. The van der Waals surface area contributed by atoms with Gasteiger partial charge in [-0.15, -0.1) is 5.10 Å². The van der Waals surface area contributed by atoms with Crippen LogP contribution < -0.4 is 10.2 Å². The molecule has 0 saturated heterocycles. The summed E-state index contributed by atoms with van der Waals surface area (Å²) in [5, 5.41) is 12.6. The Bertz CT molecular complexity index is 1150. The molecule has 8 nitrogen and oxygen atoms in total. The van der Waals surface area contributed by atoms with Gasteiger partial charge in [0.1, 0.15) is 11.6 Å². The average Bonchev–Trinajstić information content (AvgIpc) is 3.47. The standard InChI is InChI=1S/C15H9ClF5N7O.C3H6/c16-10-2-11-22-4-9-12(28(11)26-10)7(15(19,20)21)5-27(9)14(29)24-6-1-8(13(17)18)25-23-3-6;1-2-3-1/h1-4,7,13H,5H2,(H,24,25,29);1-3H2. The Kier molecular flexibility index (Phi) is 5.84. The highest BCUT2D eigenvalue weighted by atomic mass is 35.5. The average molecular weight is 476 g/mol. The molecular weight excluding hydrogens is 461 g/mol. The van der Waals surface area contributed by atoms with Gasteiger partial charge in [-0.3, -0.25) is 4.90 Å². The van der Waals surface area contributed by atoms with Crippen molar-refractivity contribution in [3.8, 4) is 0 Å². The van der Waals surface area contributed by atoms with E-state index >= 15 is 0 Å². The van der Waals surface area contributed by atoms with Crippen molar-refractivity contribution in [1.82, 2.24) is 24.8 Å². The summed E-state index contributed by atoms with van der Waals surface area (Å²) in [6.07, 6.45) is -1.01. The van der Waals surface area contributed by atoms with Crippen molar-refractivity contribution in [1.29, 1.82) is 0 Å². The number of nitrogens with zero attached hydrogens (tertiary/aromatic N) is 6. The van der Waals surface area contributed by atoms with Crippen molar-refractivity contribution in [2.75, 3.05) is 16.8 Å². The van der Waals surface area contributed by atoms with Gasteiger partial charge in [0, 0.05) is 12.6 Å². The largest absolute Gasteiger partial charge is 0.399 e. The molecule has 0 aromatic carbocycles. The minimum Gasteiger partial charge on any atom is -0.306 e. The fourth-order valence-electron chi connectivity index (χ4n) is 3.02. The predicted molar refractivity (Wildman–Crippen MR) is 104 cm³/mol. The van der Waals surface area contributed by atoms with E-state index in [9.17, 15) is 26.7 Å². The zero-order chi connectivity index (χ0) is 23.0. The van der Waals surface area contributed by atoms with Crippen molar-refractivity contribution < 1.29 is 26.7 Å². The van der Waals surface area contributed by atoms with Crippen LogP contribution in [0.4, 0.5) is 38.1 Å². The van der Waals surface area contributed by atoms with Crippen LogP contribution in [0.25, 0.3) is 5.65 Å². The van der Waals surface area contributed by atoms with E-state index in [0.29, 0.717) is 0 Å². The lowest BCUT2D eigenvalue weighted by Crippen LogP contribution is -2.36. The quantitative estimate of drug-likeness (QED) is 0.528. The summed E-state index contributed by atoms with van der Waals surface area (Å²) < 4.78 is 67.3. The minimum absolute atomic E-state index is 0.0582. The van der Waals surface area contributed by atoms with Gasteiger partial charge in [-0.2, -0.15) is 23.4 Å². The number of aromatic nitrogens is 5. The lowest BCUT2D eigenvalue weighted by Gasteiger charge is -2.19. The number of hydrogen-bond donors (Lipinski definition) is 1. The van der Waals surface area contributed by atoms with Crippen molar-refractivity contribution in [2.24, 2.45) is 0 Å². The summed E-state index contributed by atoms with van der Waals surface area (Å²) in [5.74, 6) is -2.04. The molecule has 1 aliphatic carbocycles. The van der Waals surface area contributed by atoms with E-state index in [-0.39, 0.29) is 27.9 Å². The van der Waals surface area contributed by atoms with Gasteiger partial charge in [0.05, 0.1) is 29.5 Å². The van der Waals surface area contributed by atoms with Crippen LogP contribution in [0.3, 0.4) is 0 Å². The molecule has 3 aromatic rings. The Hall–Kier alpha value is -3.09. The first-order valence-corrected chi connectivity index (χ1v) is 9.83. The van der Waals surface area contributed by atoms with Gasteiger partial charge in [-0.25, -0.2) is 23.1 Å². The molecule has 4 heterocycles. The monoisotopic (exact) mass is 475 g/mol. The molecule has 1 saturated carbocycles. The zero-order valence-electron chi connectivity index (χ0n) is 16.2. The molecule has 14 heteroatoms. The van der Waals surface area contributed by atoms with Crippen LogP contribution >= 0.6 is 11.6 Å². The van der Waals surface area contributed by atoms with Gasteiger partial charge in [-0.05, 0) is 6.07 Å². The fourth-order valence-corrected chi connectivity index (χ4v) is 3.19. The van der Waals surface area contributed by atoms with Crippen molar-refractivity contribution in [3.05, 3.63) is 41.1 Å². The summed E-state index contributed by atoms with van der Waals surface area (Å²) in [6.45, 7) is -0.747. The maximum Gasteiger partial charge on any atom is 0.399 e.